The highest BCUT2D eigenvalue weighted by Gasteiger charge is 2.32. The van der Waals surface area contributed by atoms with Gasteiger partial charge in [-0.05, 0) is 51.2 Å². The molecular weight excluding hydrogens is 374 g/mol. The molecule has 0 amide bonds. The third kappa shape index (κ3) is 4.54. The molecule has 0 atom stereocenters. The van der Waals surface area contributed by atoms with E-state index >= 15 is 0 Å². The number of methoxy groups -OCH3 is 2. The molecule has 1 saturated heterocycles. The first kappa shape index (κ1) is 21.1. The van der Waals surface area contributed by atoms with Gasteiger partial charge >= 0.3 is 11.9 Å². The number of esters is 2. The van der Waals surface area contributed by atoms with Gasteiger partial charge in [0.2, 0.25) is 0 Å². The van der Waals surface area contributed by atoms with Crippen molar-refractivity contribution < 1.29 is 23.8 Å². The van der Waals surface area contributed by atoms with Crippen molar-refractivity contribution in [1.82, 2.24) is 4.90 Å². The Kier molecular flexibility index (Phi) is 6.76. The van der Waals surface area contributed by atoms with E-state index in [1.54, 1.807) is 4.90 Å². The molecule has 0 radical (unpaired) electrons. The lowest BCUT2D eigenvalue weighted by Crippen LogP contribution is -2.42. The summed E-state index contributed by atoms with van der Waals surface area (Å²) in [6.45, 7) is 2.18. The van der Waals surface area contributed by atoms with Crippen molar-refractivity contribution in [1.29, 1.82) is 0 Å². The summed E-state index contributed by atoms with van der Waals surface area (Å²) in [6, 6.07) is 8.56. The molecule has 1 aromatic carbocycles. The smallest absolute Gasteiger partial charge is 0.355 e. The van der Waals surface area contributed by atoms with Gasteiger partial charge < -0.3 is 28.9 Å². The van der Waals surface area contributed by atoms with Crippen LogP contribution in [0.5, 0.6) is 0 Å². The molecule has 0 aliphatic carbocycles. The number of anilines is 2. The number of hydrogen-bond donors (Lipinski definition) is 0. The molecule has 0 N–H and O–H groups in total. The van der Waals surface area contributed by atoms with Crippen LogP contribution in [0.2, 0.25) is 0 Å². The zero-order valence-corrected chi connectivity index (χ0v) is 17.5. The van der Waals surface area contributed by atoms with E-state index in [4.69, 9.17) is 14.2 Å². The van der Waals surface area contributed by atoms with Crippen molar-refractivity contribution in [2.24, 2.45) is 0 Å². The molecule has 0 saturated carbocycles. The second kappa shape index (κ2) is 9.28. The number of benzene rings is 1. The molecule has 1 aromatic rings. The summed E-state index contributed by atoms with van der Waals surface area (Å²) in [5, 5.41) is 0. The molecule has 29 heavy (non-hydrogen) atoms. The predicted octanol–water partition coefficient (Wildman–Crippen LogP) is 1.61. The summed E-state index contributed by atoms with van der Waals surface area (Å²) < 4.78 is 15.2. The van der Waals surface area contributed by atoms with Gasteiger partial charge in [0.1, 0.15) is 12.4 Å². The van der Waals surface area contributed by atoms with Crippen LogP contribution in [-0.2, 0) is 23.8 Å². The van der Waals surface area contributed by atoms with E-state index in [1.807, 2.05) is 24.3 Å². The molecule has 2 heterocycles. The fourth-order valence-corrected chi connectivity index (χ4v) is 3.83. The van der Waals surface area contributed by atoms with Gasteiger partial charge in [0.05, 0.1) is 26.4 Å². The number of hydrogen-bond acceptors (Lipinski definition) is 8. The fraction of sp³-hybridized carbons (Fsp3) is 0.524. The topological polar surface area (TPSA) is 71.6 Å². The summed E-state index contributed by atoms with van der Waals surface area (Å²) in [4.78, 5) is 30.8. The molecular formula is C21H29N3O5. The molecule has 158 valence electrons. The first-order chi connectivity index (χ1) is 14.0. The van der Waals surface area contributed by atoms with Crippen LogP contribution in [0.4, 0.5) is 11.4 Å². The van der Waals surface area contributed by atoms with E-state index in [0.29, 0.717) is 6.04 Å². The molecule has 0 spiro atoms. The summed E-state index contributed by atoms with van der Waals surface area (Å²) in [6.07, 6.45) is 2.26. The third-order valence-electron chi connectivity index (χ3n) is 5.55. The summed E-state index contributed by atoms with van der Waals surface area (Å²) in [5.74, 6) is -1.20. The molecule has 0 unspecified atom stereocenters. The molecule has 8 nitrogen and oxygen atoms in total. The molecule has 2 aliphatic heterocycles. The van der Waals surface area contributed by atoms with Gasteiger partial charge in [-0.3, -0.25) is 0 Å². The second-order valence-corrected chi connectivity index (χ2v) is 7.41. The minimum absolute atomic E-state index is 0.00646. The van der Waals surface area contributed by atoms with Gasteiger partial charge in [-0.2, -0.15) is 0 Å². The monoisotopic (exact) mass is 403 g/mol. The Balaban J connectivity index is 1.81. The zero-order chi connectivity index (χ0) is 21.0. The van der Waals surface area contributed by atoms with Gasteiger partial charge in [-0.25, -0.2) is 9.59 Å². The Bertz CT molecular complexity index is 767. The molecule has 1 fully saturated rings. The van der Waals surface area contributed by atoms with E-state index in [-0.39, 0.29) is 24.6 Å². The fourth-order valence-electron chi connectivity index (χ4n) is 3.83. The van der Waals surface area contributed by atoms with Crippen LogP contribution >= 0.6 is 0 Å². The maximum absolute atomic E-state index is 12.4. The molecule has 0 bridgehead atoms. The van der Waals surface area contributed by atoms with Crippen LogP contribution in [0.15, 0.2) is 35.5 Å². The lowest BCUT2D eigenvalue weighted by Gasteiger charge is -2.37. The van der Waals surface area contributed by atoms with Crippen molar-refractivity contribution in [2.45, 2.75) is 18.9 Å². The Morgan fingerprint density at radius 3 is 2.14 bits per heavy atom. The average Bonchev–Trinajstić information content (AvgIpc) is 2.77. The van der Waals surface area contributed by atoms with Gasteiger partial charge in [0.15, 0.2) is 0 Å². The highest BCUT2D eigenvalue weighted by Crippen LogP contribution is 2.29. The number of rotatable bonds is 5. The molecule has 2 aliphatic rings. The Morgan fingerprint density at radius 1 is 1.00 bits per heavy atom. The Labute approximate surface area is 171 Å². The van der Waals surface area contributed by atoms with Crippen LogP contribution in [0.25, 0.3) is 0 Å². The number of carbonyl (C=O) groups excluding carboxylic acids is 2. The number of carbonyl (C=O) groups is 2. The molecule has 0 aromatic heterocycles. The van der Waals surface area contributed by atoms with Gasteiger partial charge in [0, 0.05) is 30.5 Å². The summed E-state index contributed by atoms with van der Waals surface area (Å²) in [5.41, 5.74) is 2.20. The van der Waals surface area contributed by atoms with Gasteiger partial charge in [-0.1, -0.05) is 0 Å². The number of piperidine rings is 1. The van der Waals surface area contributed by atoms with Crippen LogP contribution in [0.3, 0.4) is 0 Å². The van der Waals surface area contributed by atoms with Crippen molar-refractivity contribution in [3.05, 3.63) is 35.5 Å². The van der Waals surface area contributed by atoms with E-state index in [2.05, 4.69) is 23.9 Å². The van der Waals surface area contributed by atoms with Crippen molar-refractivity contribution in [3.63, 3.8) is 0 Å². The van der Waals surface area contributed by atoms with Crippen LogP contribution in [0, 0.1) is 0 Å². The van der Waals surface area contributed by atoms with E-state index in [1.165, 1.54) is 14.2 Å². The normalized spacial score (nSPS) is 18.2. The maximum Gasteiger partial charge on any atom is 0.355 e. The quantitative estimate of drug-likeness (QED) is 0.687. The Hall–Kier alpha value is -2.58. The first-order valence-electron chi connectivity index (χ1n) is 9.72. The van der Waals surface area contributed by atoms with Gasteiger partial charge in [0.25, 0.3) is 0 Å². The van der Waals surface area contributed by atoms with Crippen LogP contribution in [0.1, 0.15) is 12.8 Å². The highest BCUT2D eigenvalue weighted by atomic mass is 16.5. The van der Waals surface area contributed by atoms with E-state index in [9.17, 15) is 9.59 Å². The largest absolute Gasteiger partial charge is 0.466 e. The predicted molar refractivity (Wildman–Crippen MR) is 110 cm³/mol. The molecule has 8 heteroatoms. The zero-order valence-electron chi connectivity index (χ0n) is 17.5. The van der Waals surface area contributed by atoms with E-state index in [0.717, 1.165) is 37.3 Å². The first-order valence-corrected chi connectivity index (χ1v) is 9.72. The summed E-state index contributed by atoms with van der Waals surface area (Å²) >= 11 is 0. The third-order valence-corrected chi connectivity index (χ3v) is 5.55. The van der Waals surface area contributed by atoms with E-state index < -0.39 is 11.9 Å². The second-order valence-electron chi connectivity index (χ2n) is 7.41. The van der Waals surface area contributed by atoms with Crippen molar-refractivity contribution >= 4 is 23.3 Å². The minimum Gasteiger partial charge on any atom is -0.466 e. The number of nitrogens with zero attached hydrogens (tertiary/aromatic N) is 3. The standard InChI is InChI=1S/C21H29N3O5/c1-22(2)15-9-11-23(12-10-15)16-5-7-17(8-6-16)24-14-29-13-18(20(25)27-3)19(24)21(26)28-4/h5-8,15H,9-14H2,1-4H3. The maximum atomic E-state index is 12.4. The number of ether oxygens (including phenoxy) is 3. The van der Waals surface area contributed by atoms with Crippen molar-refractivity contribution in [2.75, 3.05) is 64.5 Å². The van der Waals surface area contributed by atoms with Crippen LogP contribution < -0.4 is 9.80 Å². The lowest BCUT2D eigenvalue weighted by atomic mass is 10.0. The minimum atomic E-state index is -0.601. The van der Waals surface area contributed by atoms with Crippen LogP contribution in [-0.4, -0.2) is 77.6 Å². The average molecular weight is 403 g/mol. The summed E-state index contributed by atoms with van der Waals surface area (Å²) in [7, 11) is 6.82. The Morgan fingerprint density at radius 2 is 1.59 bits per heavy atom. The highest BCUT2D eigenvalue weighted by molar-refractivity contribution is 6.03. The van der Waals surface area contributed by atoms with Gasteiger partial charge in [-0.15, -0.1) is 0 Å². The SMILES string of the molecule is COC(=O)C1=C(C(=O)OC)N(c2ccc(N3CCC(N(C)C)CC3)cc2)COC1. The van der Waals surface area contributed by atoms with Crippen molar-refractivity contribution in [3.8, 4) is 0 Å². The lowest BCUT2D eigenvalue weighted by molar-refractivity contribution is -0.140. The molecule has 3 rings (SSSR count).